The van der Waals surface area contributed by atoms with E-state index in [9.17, 15) is 4.79 Å². The van der Waals surface area contributed by atoms with Crippen LogP contribution < -0.4 is 0 Å². The van der Waals surface area contributed by atoms with Gasteiger partial charge < -0.3 is 0 Å². The van der Waals surface area contributed by atoms with E-state index in [1.54, 1.807) is 0 Å². The van der Waals surface area contributed by atoms with Crippen LogP contribution in [0.2, 0.25) is 0 Å². The van der Waals surface area contributed by atoms with E-state index < -0.39 is 0 Å². The van der Waals surface area contributed by atoms with Gasteiger partial charge in [0.1, 0.15) is 0 Å². The van der Waals surface area contributed by atoms with Crippen LogP contribution >= 0.6 is 0 Å². The van der Waals surface area contributed by atoms with Crippen molar-refractivity contribution < 1.29 is 10.0 Å². The zero-order chi connectivity index (χ0) is 9.30. The third kappa shape index (κ3) is 1.65. The van der Waals surface area contributed by atoms with E-state index in [0.29, 0.717) is 23.3 Å². The smallest absolute Gasteiger partial charge is 0.264 e. The summed E-state index contributed by atoms with van der Waals surface area (Å²) in [5, 5.41) is 9.74. The van der Waals surface area contributed by atoms with Gasteiger partial charge in [0.05, 0.1) is 12.2 Å². The summed E-state index contributed by atoms with van der Waals surface area (Å²) in [5.74, 6) is -0.306. The summed E-state index contributed by atoms with van der Waals surface area (Å²) in [7, 11) is 0. The van der Waals surface area contributed by atoms with E-state index >= 15 is 0 Å². The van der Waals surface area contributed by atoms with Crippen LogP contribution in [0.4, 0.5) is 0 Å². The van der Waals surface area contributed by atoms with Gasteiger partial charge >= 0.3 is 0 Å². The van der Waals surface area contributed by atoms with Crippen molar-refractivity contribution in [3.63, 3.8) is 0 Å². The molecule has 0 atom stereocenters. The van der Waals surface area contributed by atoms with Crippen molar-refractivity contribution in [2.45, 2.75) is 19.9 Å². The Kier molecular flexibility index (Phi) is 2.49. The van der Waals surface area contributed by atoms with E-state index in [1.165, 1.54) is 0 Å². The summed E-state index contributed by atoms with van der Waals surface area (Å²) in [6.07, 6.45) is 0. The molecule has 0 saturated carbocycles. The predicted octanol–water partition coefficient (Wildman–Crippen LogP) is 0.442. The molecule has 1 saturated heterocycles. The average Bonchev–Trinajstić information content (AvgIpc) is 1.99. The van der Waals surface area contributed by atoms with Gasteiger partial charge in [-0.25, -0.2) is 0 Å². The molecule has 0 bridgehead atoms. The predicted molar refractivity (Wildman–Crippen MR) is 44.5 cm³/mol. The minimum absolute atomic E-state index is 0.271. The molecule has 1 aliphatic rings. The van der Waals surface area contributed by atoms with E-state index in [4.69, 9.17) is 5.21 Å². The van der Waals surface area contributed by atoms with Gasteiger partial charge in [-0.2, -0.15) is 5.06 Å². The van der Waals surface area contributed by atoms with E-state index in [1.807, 2.05) is 18.7 Å². The molecule has 1 N–H and O–H groups in total. The second-order valence-corrected chi connectivity index (χ2v) is 3.27. The molecule has 0 aromatic carbocycles. The highest BCUT2D eigenvalue weighted by molar-refractivity contribution is 5.79. The molecule has 0 aliphatic carbocycles. The molecular formula is C8H14N2O2. The van der Waals surface area contributed by atoms with Crippen LogP contribution in [0, 0.1) is 0 Å². The summed E-state index contributed by atoms with van der Waals surface area (Å²) in [6, 6.07) is 0.305. The van der Waals surface area contributed by atoms with Crippen molar-refractivity contribution in [3.05, 3.63) is 12.3 Å². The maximum atomic E-state index is 11.1. The van der Waals surface area contributed by atoms with Crippen molar-refractivity contribution >= 4 is 5.91 Å². The van der Waals surface area contributed by atoms with E-state index in [2.05, 4.69) is 6.58 Å². The fourth-order valence-corrected chi connectivity index (χ4v) is 1.14. The van der Waals surface area contributed by atoms with Crippen molar-refractivity contribution in [1.82, 2.24) is 9.96 Å². The zero-order valence-corrected chi connectivity index (χ0v) is 7.45. The first-order chi connectivity index (χ1) is 5.52. The number of hydrogen-bond acceptors (Lipinski definition) is 3. The lowest BCUT2D eigenvalue weighted by molar-refractivity contribution is -0.164. The Bertz CT molecular complexity index is 195. The van der Waals surface area contributed by atoms with Crippen molar-refractivity contribution in [3.8, 4) is 0 Å². The standard InChI is InChI=1S/C8H14N2O2/c1-6(2)9-4-7(3)10(12)8(11)5-9/h6,12H,3-5H2,1-2H3. The number of nitrogens with zero attached hydrogens (tertiary/aromatic N) is 2. The second-order valence-electron chi connectivity index (χ2n) is 3.27. The largest absolute Gasteiger partial charge is 0.286 e. The van der Waals surface area contributed by atoms with Crippen molar-refractivity contribution in [2.75, 3.05) is 13.1 Å². The van der Waals surface area contributed by atoms with Gasteiger partial charge in [-0.1, -0.05) is 6.58 Å². The summed E-state index contributed by atoms with van der Waals surface area (Å²) in [4.78, 5) is 13.0. The lowest BCUT2D eigenvalue weighted by atomic mass is 10.2. The van der Waals surface area contributed by atoms with Crippen LogP contribution in [0.5, 0.6) is 0 Å². The Balaban J connectivity index is 2.66. The number of hydrogen-bond donors (Lipinski definition) is 1. The lowest BCUT2D eigenvalue weighted by Gasteiger charge is -2.34. The van der Waals surface area contributed by atoms with Crippen LogP contribution in [0.25, 0.3) is 0 Å². The third-order valence-corrected chi connectivity index (χ3v) is 1.99. The molecule has 1 rings (SSSR count). The molecule has 68 valence electrons. The van der Waals surface area contributed by atoms with Gasteiger partial charge in [0, 0.05) is 12.6 Å². The highest BCUT2D eigenvalue weighted by atomic mass is 16.5. The number of carbonyl (C=O) groups excluding carboxylic acids is 1. The quantitative estimate of drug-likeness (QED) is 0.581. The Labute approximate surface area is 72.0 Å². The van der Waals surface area contributed by atoms with Crippen LogP contribution in [0.1, 0.15) is 13.8 Å². The summed E-state index contributed by atoms with van der Waals surface area (Å²) in [6.45, 7) is 8.43. The van der Waals surface area contributed by atoms with Gasteiger partial charge in [0.2, 0.25) is 0 Å². The maximum Gasteiger partial charge on any atom is 0.264 e. The lowest BCUT2D eigenvalue weighted by Crippen LogP contribution is -2.49. The number of carbonyl (C=O) groups is 1. The van der Waals surface area contributed by atoms with Gasteiger partial charge in [0.25, 0.3) is 5.91 Å². The Morgan fingerprint density at radius 1 is 1.50 bits per heavy atom. The number of hydroxylamine groups is 2. The van der Waals surface area contributed by atoms with Crippen LogP contribution in [-0.2, 0) is 4.79 Å². The highest BCUT2D eigenvalue weighted by Crippen LogP contribution is 2.12. The molecule has 1 heterocycles. The van der Waals surface area contributed by atoms with Crippen LogP contribution in [-0.4, -0.2) is 40.2 Å². The first-order valence-corrected chi connectivity index (χ1v) is 3.96. The fraction of sp³-hybridized carbons (Fsp3) is 0.625. The second kappa shape index (κ2) is 3.25. The van der Waals surface area contributed by atoms with E-state index in [0.717, 1.165) is 0 Å². The molecule has 4 nitrogen and oxygen atoms in total. The summed E-state index contributed by atoms with van der Waals surface area (Å²) < 4.78 is 0. The zero-order valence-electron chi connectivity index (χ0n) is 7.45. The number of piperazine rings is 1. The molecule has 0 aromatic rings. The van der Waals surface area contributed by atoms with E-state index in [-0.39, 0.29) is 12.5 Å². The van der Waals surface area contributed by atoms with Gasteiger partial charge in [-0.3, -0.25) is 14.9 Å². The van der Waals surface area contributed by atoms with Crippen LogP contribution in [0.15, 0.2) is 12.3 Å². The highest BCUT2D eigenvalue weighted by Gasteiger charge is 2.26. The molecule has 0 unspecified atom stereocenters. The topological polar surface area (TPSA) is 43.8 Å². The third-order valence-electron chi connectivity index (χ3n) is 1.99. The van der Waals surface area contributed by atoms with Gasteiger partial charge in [-0.05, 0) is 13.8 Å². The maximum absolute atomic E-state index is 11.1. The monoisotopic (exact) mass is 170 g/mol. The first kappa shape index (κ1) is 9.22. The van der Waals surface area contributed by atoms with Gasteiger partial charge in [0.15, 0.2) is 0 Å². The SMILES string of the molecule is C=C1CN(C(C)C)CC(=O)N1O. The molecule has 1 fully saturated rings. The summed E-state index contributed by atoms with van der Waals surface area (Å²) >= 11 is 0. The minimum Gasteiger partial charge on any atom is -0.286 e. The summed E-state index contributed by atoms with van der Waals surface area (Å²) in [5.41, 5.74) is 0.444. The number of rotatable bonds is 1. The Morgan fingerprint density at radius 2 is 2.08 bits per heavy atom. The molecule has 0 aromatic heterocycles. The Hall–Kier alpha value is -0.870. The minimum atomic E-state index is -0.306. The molecule has 4 heteroatoms. The Morgan fingerprint density at radius 3 is 2.50 bits per heavy atom. The number of amides is 1. The normalized spacial score (nSPS) is 20.8. The van der Waals surface area contributed by atoms with Crippen molar-refractivity contribution in [1.29, 1.82) is 0 Å². The molecule has 0 spiro atoms. The molecule has 0 radical (unpaired) electrons. The molecule has 12 heavy (non-hydrogen) atoms. The first-order valence-electron chi connectivity index (χ1n) is 3.96. The van der Waals surface area contributed by atoms with Crippen LogP contribution in [0.3, 0.4) is 0 Å². The molecule has 1 aliphatic heterocycles. The molecular weight excluding hydrogens is 156 g/mol. The molecule has 1 amide bonds. The fourth-order valence-electron chi connectivity index (χ4n) is 1.14. The average molecular weight is 170 g/mol. The van der Waals surface area contributed by atoms with Crippen molar-refractivity contribution in [2.24, 2.45) is 0 Å². The van der Waals surface area contributed by atoms with Gasteiger partial charge in [-0.15, -0.1) is 0 Å².